The van der Waals surface area contributed by atoms with E-state index in [9.17, 15) is 40.5 Å². The molecule has 1 aliphatic carbocycles. The van der Waals surface area contributed by atoms with Gasteiger partial charge in [0.2, 0.25) is 5.91 Å². The monoisotopic (exact) mass is 563 g/mol. The van der Waals surface area contributed by atoms with E-state index in [0.717, 1.165) is 10.5 Å². The van der Waals surface area contributed by atoms with E-state index in [0.29, 0.717) is 6.42 Å². The minimum absolute atomic E-state index is 0.00805. The minimum atomic E-state index is -1.55. The first-order valence-electron chi connectivity index (χ1n) is 13.1. The van der Waals surface area contributed by atoms with Crippen LogP contribution in [-0.4, -0.2) is 122 Å². The highest BCUT2D eigenvalue weighted by molar-refractivity contribution is 5.80. The van der Waals surface area contributed by atoms with Crippen LogP contribution in [0.1, 0.15) is 45.4 Å². The predicted octanol–water partition coefficient (Wildman–Crippen LogP) is -4.68. The molecule has 0 aromatic rings. The molecular formula is C24H49N7O8. The number of nitrogens with one attached hydrogen (secondary N) is 3. The first kappa shape index (κ1) is 35.5. The van der Waals surface area contributed by atoms with Gasteiger partial charge in [-0.3, -0.25) is 20.7 Å². The average molecular weight is 564 g/mol. The Balaban J connectivity index is 2.94. The third kappa shape index (κ3) is 13.6. The number of carbonyl (C=O) groups excluding carboxylic acids is 1. The summed E-state index contributed by atoms with van der Waals surface area (Å²) in [6.07, 6.45) is -2.20. The van der Waals surface area contributed by atoms with Crippen LogP contribution >= 0.6 is 0 Å². The van der Waals surface area contributed by atoms with E-state index >= 15 is 0 Å². The number of primary amides is 1. The molecule has 10 atom stereocenters. The number of aliphatic hydroxyl groups excluding tert-OH is 7. The average Bonchev–Trinajstić information content (AvgIpc) is 2.85. The molecule has 10 unspecified atom stereocenters. The molecule has 1 aliphatic rings. The molecule has 39 heavy (non-hydrogen) atoms. The van der Waals surface area contributed by atoms with Gasteiger partial charge in [0.05, 0.1) is 18.2 Å². The highest BCUT2D eigenvalue weighted by atomic mass is 16.3. The van der Waals surface area contributed by atoms with Crippen molar-refractivity contribution in [2.75, 3.05) is 13.6 Å². The highest BCUT2D eigenvalue weighted by Gasteiger charge is 2.33. The van der Waals surface area contributed by atoms with E-state index < -0.39 is 67.5 Å². The van der Waals surface area contributed by atoms with Crippen LogP contribution in [0.15, 0.2) is 23.8 Å². The largest absolute Gasteiger partial charge is 0.393 e. The number of amides is 1. The van der Waals surface area contributed by atoms with Crippen LogP contribution < -0.4 is 33.2 Å². The van der Waals surface area contributed by atoms with Gasteiger partial charge in [0.25, 0.3) is 0 Å². The fraction of sp³-hybridized carbons (Fsp3) is 0.792. The van der Waals surface area contributed by atoms with Crippen LogP contribution in [0.3, 0.4) is 0 Å². The maximum Gasteiger partial charge on any atom is 0.235 e. The van der Waals surface area contributed by atoms with E-state index in [1.165, 1.54) is 14.0 Å². The second kappa shape index (κ2) is 18.0. The van der Waals surface area contributed by atoms with Gasteiger partial charge in [-0.1, -0.05) is 23.8 Å². The van der Waals surface area contributed by atoms with Crippen molar-refractivity contribution in [1.82, 2.24) is 20.9 Å². The Hall–Kier alpha value is -1.57. The van der Waals surface area contributed by atoms with Gasteiger partial charge in [-0.25, -0.2) is 4.90 Å². The van der Waals surface area contributed by atoms with Crippen LogP contribution in [-0.2, 0) is 4.79 Å². The van der Waals surface area contributed by atoms with Crippen LogP contribution in [0, 0.1) is 0 Å². The minimum Gasteiger partial charge on any atom is -0.393 e. The van der Waals surface area contributed by atoms with Crippen LogP contribution in [0.2, 0.25) is 0 Å². The molecule has 15 heteroatoms. The van der Waals surface area contributed by atoms with Crippen molar-refractivity contribution in [1.29, 1.82) is 0 Å². The molecule has 15 nitrogen and oxygen atoms in total. The zero-order valence-electron chi connectivity index (χ0n) is 22.7. The van der Waals surface area contributed by atoms with E-state index in [1.807, 2.05) is 0 Å². The fourth-order valence-electron chi connectivity index (χ4n) is 4.16. The highest BCUT2D eigenvalue weighted by Crippen LogP contribution is 2.17. The third-order valence-electron chi connectivity index (χ3n) is 6.44. The molecule has 0 aromatic carbocycles. The van der Waals surface area contributed by atoms with Crippen LogP contribution in [0.5, 0.6) is 0 Å². The Morgan fingerprint density at radius 2 is 1.74 bits per heavy atom. The lowest BCUT2D eigenvalue weighted by Crippen LogP contribution is -2.62. The molecule has 0 spiro atoms. The smallest absolute Gasteiger partial charge is 0.235 e. The van der Waals surface area contributed by atoms with Gasteiger partial charge >= 0.3 is 0 Å². The molecule has 228 valence electrons. The van der Waals surface area contributed by atoms with Crippen LogP contribution in [0.4, 0.5) is 0 Å². The zero-order valence-corrected chi connectivity index (χ0v) is 22.7. The molecule has 1 amide bonds. The Kier molecular flexibility index (Phi) is 16.3. The summed E-state index contributed by atoms with van der Waals surface area (Å²) in [4.78, 5) is 13.1. The predicted molar refractivity (Wildman–Crippen MR) is 144 cm³/mol. The lowest BCUT2D eigenvalue weighted by atomic mass is 9.98. The zero-order chi connectivity index (χ0) is 29.7. The lowest BCUT2D eigenvalue weighted by Gasteiger charge is -2.38. The number of hydrogen-bond donors (Lipinski definition) is 13. The van der Waals surface area contributed by atoms with E-state index in [-0.39, 0.29) is 38.6 Å². The Labute approximate surface area is 229 Å². The first-order chi connectivity index (χ1) is 18.2. The van der Waals surface area contributed by atoms with E-state index in [4.69, 9.17) is 17.2 Å². The molecule has 1 rings (SSSR count). The third-order valence-corrected chi connectivity index (χ3v) is 6.44. The van der Waals surface area contributed by atoms with Crippen molar-refractivity contribution < 1.29 is 40.5 Å². The fourth-order valence-corrected chi connectivity index (χ4v) is 4.16. The van der Waals surface area contributed by atoms with Gasteiger partial charge in [0.15, 0.2) is 6.35 Å². The summed E-state index contributed by atoms with van der Waals surface area (Å²) >= 11 is 0. The summed E-state index contributed by atoms with van der Waals surface area (Å²) in [5.74, 6) is -0.736. The quantitative estimate of drug-likeness (QED) is 0.0620. The normalized spacial score (nSPS) is 22.9. The number of nitrogens with two attached hydrogens (primary N) is 3. The van der Waals surface area contributed by atoms with Gasteiger partial charge in [0.1, 0.15) is 24.9 Å². The van der Waals surface area contributed by atoms with Crippen molar-refractivity contribution >= 4 is 5.91 Å². The number of aliphatic hydroxyl groups is 7. The topological polar surface area (TPSA) is 276 Å². The Bertz CT molecular complexity index is 773. The second-order valence-corrected chi connectivity index (χ2v) is 10.0. The molecule has 0 saturated carbocycles. The second-order valence-electron chi connectivity index (χ2n) is 10.0. The summed E-state index contributed by atoms with van der Waals surface area (Å²) in [5, 5.41) is 79.8. The molecule has 0 bridgehead atoms. The molecule has 0 fully saturated rings. The first-order valence-corrected chi connectivity index (χ1v) is 13.1. The number of hydrogen-bond acceptors (Lipinski definition) is 14. The molecule has 0 aliphatic heterocycles. The SMILES string of the molecule is CC(O)CC(O)NC(CCN)C(O)NC(CCC(N)O)C(O)N(C)C(O)NC(CC1=CCC(O)C=C1)C(N)=O. The molecule has 0 aromatic heterocycles. The summed E-state index contributed by atoms with van der Waals surface area (Å²) in [5.41, 5.74) is 17.4. The number of allylic oxidation sites excluding steroid dienone is 1. The molecule has 16 N–H and O–H groups in total. The van der Waals surface area contributed by atoms with Crippen molar-refractivity contribution in [3.05, 3.63) is 23.8 Å². The van der Waals surface area contributed by atoms with E-state index in [2.05, 4.69) is 16.0 Å². The van der Waals surface area contributed by atoms with Gasteiger partial charge < -0.3 is 52.9 Å². The van der Waals surface area contributed by atoms with Gasteiger partial charge in [-0.15, -0.1) is 0 Å². The number of likely N-dealkylation sites (N-methyl/N-ethyl adjacent to an activating group) is 1. The number of rotatable bonds is 20. The number of carbonyl (C=O) groups is 1. The van der Waals surface area contributed by atoms with E-state index in [1.54, 1.807) is 18.2 Å². The van der Waals surface area contributed by atoms with Gasteiger partial charge in [-0.2, -0.15) is 0 Å². The van der Waals surface area contributed by atoms with Crippen LogP contribution in [0.25, 0.3) is 0 Å². The molecular weight excluding hydrogens is 514 g/mol. The summed E-state index contributed by atoms with van der Waals surface area (Å²) < 4.78 is 0. The molecule has 0 heterocycles. The summed E-state index contributed by atoms with van der Waals surface area (Å²) in [6, 6.07) is -2.73. The maximum absolute atomic E-state index is 12.0. The van der Waals surface area contributed by atoms with Crippen molar-refractivity contribution in [2.45, 2.75) is 107 Å². The Morgan fingerprint density at radius 1 is 1.08 bits per heavy atom. The molecule has 0 radical (unpaired) electrons. The van der Waals surface area contributed by atoms with Crippen molar-refractivity contribution in [2.24, 2.45) is 17.2 Å². The van der Waals surface area contributed by atoms with Crippen molar-refractivity contribution in [3.8, 4) is 0 Å². The standard InChI is InChI=1S/C24H49N7O8/c1-13(32)11-20(35)28-16(9-10-25)22(37)29-17(7-8-19(26)34)23(38)31(2)24(39)30-18(21(27)36)12-14-3-5-15(33)6-4-14/h3-5,13,15-20,22-24,28-30,32-35,37-39H,6-12,25-26H2,1-2H3,(H2,27,36). The van der Waals surface area contributed by atoms with Gasteiger partial charge in [-0.05, 0) is 52.6 Å². The lowest BCUT2D eigenvalue weighted by molar-refractivity contribution is -0.135. The van der Waals surface area contributed by atoms with Gasteiger partial charge in [0, 0.05) is 18.5 Å². The summed E-state index contributed by atoms with van der Waals surface area (Å²) in [6.45, 7) is 1.67. The summed E-state index contributed by atoms with van der Waals surface area (Å²) in [7, 11) is 1.37. The molecule has 0 saturated heterocycles. The Morgan fingerprint density at radius 3 is 2.26 bits per heavy atom. The number of nitrogens with zero attached hydrogens (tertiary/aromatic N) is 1. The maximum atomic E-state index is 12.0. The van der Waals surface area contributed by atoms with Crippen molar-refractivity contribution in [3.63, 3.8) is 0 Å².